The second kappa shape index (κ2) is 11.0. The molecule has 0 fully saturated rings. The highest BCUT2D eigenvalue weighted by Gasteiger charge is 2.30. The number of para-hydroxylation sites is 1. The van der Waals surface area contributed by atoms with Gasteiger partial charge in [-0.05, 0) is 55.2 Å². The van der Waals surface area contributed by atoms with Crippen molar-refractivity contribution < 1.29 is 19.4 Å². The Balaban J connectivity index is 1.59. The Labute approximate surface area is 182 Å². The van der Waals surface area contributed by atoms with E-state index in [4.69, 9.17) is 4.74 Å². The summed E-state index contributed by atoms with van der Waals surface area (Å²) in [6, 6.07) is 26.7. The Morgan fingerprint density at radius 2 is 1.48 bits per heavy atom. The molecule has 31 heavy (non-hydrogen) atoms. The van der Waals surface area contributed by atoms with E-state index in [2.05, 4.69) is 0 Å². The molecule has 0 aliphatic carbocycles. The van der Waals surface area contributed by atoms with Crippen LogP contribution in [0.2, 0.25) is 0 Å². The molecule has 3 aromatic carbocycles. The third kappa shape index (κ3) is 6.19. The lowest BCUT2D eigenvalue weighted by atomic mass is 9.97. The van der Waals surface area contributed by atoms with Crippen LogP contribution in [0.25, 0.3) is 0 Å². The van der Waals surface area contributed by atoms with Crippen LogP contribution in [0, 0.1) is 5.92 Å². The van der Waals surface area contributed by atoms with Gasteiger partial charge < -0.3 is 14.7 Å². The number of carboxylic acid groups (broad SMARTS) is 1. The molecule has 5 nitrogen and oxygen atoms in total. The molecule has 0 spiro atoms. The maximum Gasteiger partial charge on any atom is 0.316 e. The highest BCUT2D eigenvalue weighted by Crippen LogP contribution is 2.21. The smallest absolute Gasteiger partial charge is 0.316 e. The van der Waals surface area contributed by atoms with Crippen LogP contribution in [0.5, 0.6) is 5.75 Å². The quantitative estimate of drug-likeness (QED) is 0.474. The van der Waals surface area contributed by atoms with Crippen molar-refractivity contribution in [3.05, 3.63) is 96.1 Å². The fourth-order valence-corrected chi connectivity index (χ4v) is 3.42. The Morgan fingerprint density at radius 1 is 0.871 bits per heavy atom. The van der Waals surface area contributed by atoms with Gasteiger partial charge in [-0.3, -0.25) is 9.59 Å². The number of rotatable bonds is 10. The first-order valence-corrected chi connectivity index (χ1v) is 10.4. The van der Waals surface area contributed by atoms with Gasteiger partial charge in [-0.2, -0.15) is 0 Å². The minimum absolute atomic E-state index is 0.238. The molecule has 1 amide bonds. The van der Waals surface area contributed by atoms with Crippen LogP contribution in [0.1, 0.15) is 24.5 Å². The molecule has 0 heterocycles. The first kappa shape index (κ1) is 22.1. The number of aliphatic carboxylic acids is 1. The highest BCUT2D eigenvalue weighted by molar-refractivity contribution is 6.05. The maximum absolute atomic E-state index is 12.9. The first-order valence-electron chi connectivity index (χ1n) is 10.4. The van der Waals surface area contributed by atoms with Crippen molar-refractivity contribution in [2.24, 2.45) is 5.92 Å². The number of anilines is 1. The third-order valence-electron chi connectivity index (χ3n) is 5.14. The summed E-state index contributed by atoms with van der Waals surface area (Å²) < 4.78 is 5.79. The molecular weight excluding hydrogens is 390 g/mol. The molecule has 0 aliphatic rings. The summed E-state index contributed by atoms with van der Waals surface area (Å²) in [7, 11) is 0. The van der Waals surface area contributed by atoms with Gasteiger partial charge in [-0.15, -0.1) is 0 Å². The molecule has 1 unspecified atom stereocenters. The van der Waals surface area contributed by atoms with E-state index in [-0.39, 0.29) is 12.3 Å². The molecule has 1 N–H and O–H groups in total. The number of ether oxygens (including phenoxy) is 1. The van der Waals surface area contributed by atoms with Gasteiger partial charge in [0.1, 0.15) is 18.3 Å². The number of benzene rings is 3. The zero-order valence-corrected chi connectivity index (χ0v) is 17.6. The molecule has 0 radical (unpaired) electrons. The van der Waals surface area contributed by atoms with Gasteiger partial charge in [0.05, 0.1) is 0 Å². The van der Waals surface area contributed by atoms with E-state index >= 15 is 0 Å². The van der Waals surface area contributed by atoms with E-state index in [1.165, 1.54) is 4.90 Å². The Morgan fingerprint density at radius 3 is 2.06 bits per heavy atom. The van der Waals surface area contributed by atoms with Gasteiger partial charge in [-0.1, -0.05) is 60.7 Å². The van der Waals surface area contributed by atoms with Crippen LogP contribution in [-0.4, -0.2) is 23.5 Å². The number of carboxylic acids is 1. The van der Waals surface area contributed by atoms with Gasteiger partial charge in [-0.25, -0.2) is 0 Å². The average molecular weight is 418 g/mol. The van der Waals surface area contributed by atoms with Crippen molar-refractivity contribution in [1.82, 2.24) is 0 Å². The molecule has 0 saturated carbocycles. The fourth-order valence-electron chi connectivity index (χ4n) is 3.42. The molecule has 3 rings (SSSR count). The Hall–Kier alpha value is -3.60. The lowest BCUT2D eigenvalue weighted by molar-refractivity contribution is -0.146. The topological polar surface area (TPSA) is 66.8 Å². The molecule has 0 aromatic heterocycles. The van der Waals surface area contributed by atoms with Gasteiger partial charge in [0.25, 0.3) is 0 Å². The molecular formula is C26H27NO4. The summed E-state index contributed by atoms with van der Waals surface area (Å²) in [6.45, 7) is 2.75. The number of carbonyl (C=O) groups excluding carboxylic acids is 1. The summed E-state index contributed by atoms with van der Waals surface area (Å²) in [4.78, 5) is 26.3. The molecule has 160 valence electrons. The predicted molar refractivity (Wildman–Crippen MR) is 121 cm³/mol. The molecule has 3 aromatic rings. The SMILES string of the molecule is CCN(C(=O)C(CCc1ccc(OCc2ccccc2)cc1)C(=O)O)c1ccccc1. The summed E-state index contributed by atoms with van der Waals surface area (Å²) in [5.41, 5.74) is 2.77. The number of hydrogen-bond donors (Lipinski definition) is 1. The van der Waals surface area contributed by atoms with E-state index in [9.17, 15) is 14.7 Å². The number of aryl methyl sites for hydroxylation is 1. The summed E-state index contributed by atoms with van der Waals surface area (Å²) >= 11 is 0. The number of carbonyl (C=O) groups is 2. The zero-order chi connectivity index (χ0) is 22.1. The van der Waals surface area contributed by atoms with Crippen LogP contribution in [0.4, 0.5) is 5.69 Å². The molecule has 5 heteroatoms. The van der Waals surface area contributed by atoms with Gasteiger partial charge >= 0.3 is 5.97 Å². The lowest BCUT2D eigenvalue weighted by Crippen LogP contribution is -2.39. The normalized spacial score (nSPS) is 11.5. The third-order valence-corrected chi connectivity index (χ3v) is 5.14. The largest absolute Gasteiger partial charge is 0.489 e. The van der Waals surface area contributed by atoms with Crippen molar-refractivity contribution in [3.8, 4) is 5.75 Å². The predicted octanol–water partition coefficient (Wildman–Crippen LogP) is 4.95. The van der Waals surface area contributed by atoms with Crippen molar-refractivity contribution in [2.45, 2.75) is 26.4 Å². The van der Waals surface area contributed by atoms with E-state index in [0.29, 0.717) is 25.3 Å². The maximum atomic E-state index is 12.9. The Bertz CT molecular complexity index is 971. The standard InChI is InChI=1S/C26H27NO4/c1-2-27(22-11-7-4-8-12-22)25(28)24(26(29)30)18-15-20-13-16-23(17-14-20)31-19-21-9-5-3-6-10-21/h3-14,16-17,24H,2,15,18-19H2,1H3,(H,29,30). The van der Waals surface area contributed by atoms with Gasteiger partial charge in [0.15, 0.2) is 0 Å². The van der Waals surface area contributed by atoms with E-state index in [0.717, 1.165) is 16.9 Å². The Kier molecular flexibility index (Phi) is 7.82. The van der Waals surface area contributed by atoms with Crippen molar-refractivity contribution >= 4 is 17.6 Å². The van der Waals surface area contributed by atoms with E-state index < -0.39 is 11.9 Å². The molecule has 0 aliphatic heterocycles. The monoisotopic (exact) mass is 417 g/mol. The first-order chi connectivity index (χ1) is 15.1. The van der Waals surface area contributed by atoms with Crippen molar-refractivity contribution in [2.75, 3.05) is 11.4 Å². The average Bonchev–Trinajstić information content (AvgIpc) is 2.80. The van der Waals surface area contributed by atoms with Gasteiger partial charge in [0.2, 0.25) is 5.91 Å². The summed E-state index contributed by atoms with van der Waals surface area (Å²) in [5.74, 6) is -1.82. The van der Waals surface area contributed by atoms with Crippen LogP contribution in [-0.2, 0) is 22.6 Å². The van der Waals surface area contributed by atoms with E-state index in [1.54, 1.807) is 0 Å². The fraction of sp³-hybridized carbons (Fsp3) is 0.231. The van der Waals surface area contributed by atoms with Crippen molar-refractivity contribution in [1.29, 1.82) is 0 Å². The molecule has 0 saturated heterocycles. The van der Waals surface area contributed by atoms with E-state index in [1.807, 2.05) is 91.9 Å². The molecule has 0 bridgehead atoms. The van der Waals surface area contributed by atoms with Gasteiger partial charge in [0, 0.05) is 12.2 Å². The second-order valence-electron chi connectivity index (χ2n) is 7.27. The lowest BCUT2D eigenvalue weighted by Gasteiger charge is -2.24. The minimum atomic E-state index is -1.10. The number of amides is 1. The second-order valence-corrected chi connectivity index (χ2v) is 7.27. The highest BCUT2D eigenvalue weighted by atomic mass is 16.5. The van der Waals surface area contributed by atoms with Crippen LogP contribution >= 0.6 is 0 Å². The van der Waals surface area contributed by atoms with Crippen LogP contribution in [0.3, 0.4) is 0 Å². The number of hydrogen-bond acceptors (Lipinski definition) is 3. The van der Waals surface area contributed by atoms with Crippen molar-refractivity contribution in [3.63, 3.8) is 0 Å². The zero-order valence-electron chi connectivity index (χ0n) is 17.6. The number of nitrogens with zero attached hydrogens (tertiary/aromatic N) is 1. The summed E-state index contributed by atoms with van der Waals surface area (Å²) in [5, 5.41) is 9.67. The summed E-state index contributed by atoms with van der Waals surface area (Å²) in [6.07, 6.45) is 0.732. The van der Waals surface area contributed by atoms with Crippen LogP contribution < -0.4 is 9.64 Å². The molecule has 1 atom stereocenters. The van der Waals surface area contributed by atoms with Crippen LogP contribution in [0.15, 0.2) is 84.9 Å². The minimum Gasteiger partial charge on any atom is -0.489 e.